The van der Waals surface area contributed by atoms with Crippen molar-refractivity contribution >= 4 is 27.3 Å². The molecule has 2 unspecified atom stereocenters. The number of nitrogens with one attached hydrogen (secondary N) is 1. The molecule has 138 valence electrons. The standard InChI is InChI=1S/C18H27N3O3S/c1-13-11-15(13)18(22)19-16-12-14(7-8-17(16)20(2)3)25(23,24)21-9-5-4-6-10-21/h7-8,12-13,15H,4-6,9-11H2,1-3H3,(H,19,22). The zero-order chi connectivity index (χ0) is 18.2. The normalized spacial score (nSPS) is 24.0. The quantitative estimate of drug-likeness (QED) is 0.870. The summed E-state index contributed by atoms with van der Waals surface area (Å²) in [5.41, 5.74) is 1.37. The molecule has 1 saturated heterocycles. The molecular weight excluding hydrogens is 338 g/mol. The van der Waals surface area contributed by atoms with Crippen LogP contribution in [0.3, 0.4) is 0 Å². The van der Waals surface area contributed by atoms with Crippen molar-refractivity contribution in [2.75, 3.05) is 37.4 Å². The lowest BCUT2D eigenvalue weighted by molar-refractivity contribution is -0.117. The molecule has 7 heteroatoms. The highest BCUT2D eigenvalue weighted by Crippen LogP contribution is 2.39. The van der Waals surface area contributed by atoms with Crippen LogP contribution >= 0.6 is 0 Å². The molecule has 1 aromatic rings. The largest absolute Gasteiger partial charge is 0.376 e. The second kappa shape index (κ2) is 6.96. The van der Waals surface area contributed by atoms with Gasteiger partial charge in [-0.2, -0.15) is 4.31 Å². The number of carbonyl (C=O) groups is 1. The number of nitrogens with zero attached hydrogens (tertiary/aromatic N) is 2. The Hall–Kier alpha value is -1.60. The first-order valence-corrected chi connectivity index (χ1v) is 10.4. The van der Waals surface area contributed by atoms with Crippen molar-refractivity contribution in [1.82, 2.24) is 4.31 Å². The average molecular weight is 365 g/mol. The lowest BCUT2D eigenvalue weighted by atomic mass is 10.2. The minimum absolute atomic E-state index is 0.0249. The minimum Gasteiger partial charge on any atom is -0.376 e. The number of carbonyl (C=O) groups excluding carboxylic acids is 1. The number of sulfonamides is 1. The molecule has 0 radical (unpaired) electrons. The SMILES string of the molecule is CC1CC1C(=O)Nc1cc(S(=O)(=O)N2CCCCC2)ccc1N(C)C. The fourth-order valence-electron chi connectivity index (χ4n) is 3.33. The van der Waals surface area contributed by atoms with Crippen LogP contribution in [-0.2, 0) is 14.8 Å². The molecule has 2 atom stereocenters. The molecule has 2 aliphatic rings. The van der Waals surface area contributed by atoms with E-state index in [1.54, 1.807) is 22.5 Å². The maximum absolute atomic E-state index is 12.9. The van der Waals surface area contributed by atoms with E-state index in [0.717, 1.165) is 31.4 Å². The highest BCUT2D eigenvalue weighted by Gasteiger charge is 2.39. The molecule has 3 rings (SSSR count). The Bertz CT molecular complexity index is 755. The van der Waals surface area contributed by atoms with E-state index < -0.39 is 10.0 Å². The first-order valence-electron chi connectivity index (χ1n) is 8.93. The van der Waals surface area contributed by atoms with E-state index >= 15 is 0 Å². The van der Waals surface area contributed by atoms with E-state index in [2.05, 4.69) is 5.32 Å². The van der Waals surface area contributed by atoms with E-state index in [4.69, 9.17) is 0 Å². The van der Waals surface area contributed by atoms with Crippen LogP contribution in [0.15, 0.2) is 23.1 Å². The van der Waals surface area contributed by atoms with Crippen molar-refractivity contribution in [1.29, 1.82) is 0 Å². The van der Waals surface area contributed by atoms with Gasteiger partial charge in [-0.15, -0.1) is 0 Å². The van der Waals surface area contributed by atoms with Crippen molar-refractivity contribution in [3.63, 3.8) is 0 Å². The maximum Gasteiger partial charge on any atom is 0.243 e. The fraction of sp³-hybridized carbons (Fsp3) is 0.611. The van der Waals surface area contributed by atoms with Gasteiger partial charge in [-0.3, -0.25) is 4.79 Å². The predicted molar refractivity (Wildman–Crippen MR) is 99.3 cm³/mol. The molecule has 1 heterocycles. The third kappa shape index (κ3) is 3.82. The number of hydrogen-bond donors (Lipinski definition) is 1. The second-order valence-electron chi connectivity index (χ2n) is 7.35. The van der Waals surface area contributed by atoms with Crippen LogP contribution in [0, 0.1) is 11.8 Å². The lowest BCUT2D eigenvalue weighted by Crippen LogP contribution is -2.35. The van der Waals surface area contributed by atoms with Gasteiger partial charge in [0.25, 0.3) is 0 Å². The van der Waals surface area contributed by atoms with Crippen molar-refractivity contribution < 1.29 is 13.2 Å². The van der Waals surface area contributed by atoms with Gasteiger partial charge in [-0.25, -0.2) is 8.42 Å². The van der Waals surface area contributed by atoms with Gasteiger partial charge in [0.15, 0.2) is 0 Å². The summed E-state index contributed by atoms with van der Waals surface area (Å²) in [6.07, 6.45) is 3.78. The van der Waals surface area contributed by atoms with Crippen molar-refractivity contribution in [2.45, 2.75) is 37.5 Å². The molecule has 0 aromatic heterocycles. The molecule has 2 fully saturated rings. The Morgan fingerprint density at radius 2 is 1.84 bits per heavy atom. The van der Waals surface area contributed by atoms with E-state index in [0.29, 0.717) is 24.7 Å². The zero-order valence-electron chi connectivity index (χ0n) is 15.2. The molecule has 6 nitrogen and oxygen atoms in total. The molecular formula is C18H27N3O3S. The number of rotatable bonds is 5. The van der Waals surface area contributed by atoms with Gasteiger partial charge < -0.3 is 10.2 Å². The summed E-state index contributed by atoms with van der Waals surface area (Å²) in [6.45, 7) is 3.19. The summed E-state index contributed by atoms with van der Waals surface area (Å²) in [4.78, 5) is 14.5. The number of anilines is 2. The zero-order valence-corrected chi connectivity index (χ0v) is 16.0. The summed E-state index contributed by atoms with van der Waals surface area (Å²) in [5, 5.41) is 2.94. The maximum atomic E-state index is 12.9. The highest BCUT2D eigenvalue weighted by atomic mass is 32.2. The van der Waals surface area contributed by atoms with Crippen molar-refractivity contribution in [3.05, 3.63) is 18.2 Å². The number of piperidine rings is 1. The van der Waals surface area contributed by atoms with E-state index in [9.17, 15) is 13.2 Å². The van der Waals surface area contributed by atoms with Crippen LogP contribution in [-0.4, -0.2) is 45.8 Å². The van der Waals surface area contributed by atoms with E-state index in [1.165, 1.54) is 0 Å². The summed E-state index contributed by atoms with van der Waals surface area (Å²) < 4.78 is 27.4. The van der Waals surface area contributed by atoms with Gasteiger partial charge in [0.1, 0.15) is 0 Å². The molecule has 1 N–H and O–H groups in total. The molecule has 1 saturated carbocycles. The summed E-state index contributed by atoms with van der Waals surface area (Å²) in [5.74, 6) is 0.420. The fourth-order valence-corrected chi connectivity index (χ4v) is 4.88. The molecule has 1 aliphatic carbocycles. The van der Waals surface area contributed by atoms with Crippen LogP contribution < -0.4 is 10.2 Å². The predicted octanol–water partition coefficient (Wildman–Crippen LogP) is 2.52. The lowest BCUT2D eigenvalue weighted by Gasteiger charge is -2.26. The molecule has 0 bridgehead atoms. The molecule has 1 aliphatic heterocycles. The topological polar surface area (TPSA) is 69.7 Å². The first-order chi connectivity index (χ1) is 11.8. The minimum atomic E-state index is -3.51. The number of hydrogen-bond acceptors (Lipinski definition) is 4. The number of amides is 1. The van der Waals surface area contributed by atoms with Crippen molar-refractivity contribution in [2.24, 2.45) is 11.8 Å². The third-order valence-electron chi connectivity index (χ3n) is 5.11. The third-order valence-corrected chi connectivity index (χ3v) is 7.00. The molecule has 1 aromatic carbocycles. The Morgan fingerprint density at radius 3 is 2.40 bits per heavy atom. The van der Waals surface area contributed by atoms with Gasteiger partial charge in [0.2, 0.25) is 15.9 Å². The van der Waals surface area contributed by atoms with Gasteiger partial charge in [0, 0.05) is 33.1 Å². The van der Waals surface area contributed by atoms with E-state index in [1.807, 2.05) is 25.9 Å². The van der Waals surface area contributed by atoms with Crippen LogP contribution in [0.25, 0.3) is 0 Å². The Labute approximate surface area is 150 Å². The Balaban J connectivity index is 1.90. The van der Waals surface area contributed by atoms with Crippen LogP contribution in [0.1, 0.15) is 32.6 Å². The van der Waals surface area contributed by atoms with Crippen molar-refractivity contribution in [3.8, 4) is 0 Å². The van der Waals surface area contributed by atoms with Crippen LogP contribution in [0.5, 0.6) is 0 Å². The molecule has 0 spiro atoms. The van der Waals surface area contributed by atoms with Crippen LogP contribution in [0.4, 0.5) is 11.4 Å². The van der Waals surface area contributed by atoms with E-state index in [-0.39, 0.29) is 16.7 Å². The number of benzene rings is 1. The van der Waals surface area contributed by atoms with Gasteiger partial charge in [0.05, 0.1) is 16.3 Å². The van der Waals surface area contributed by atoms with Gasteiger partial charge in [-0.1, -0.05) is 13.3 Å². The average Bonchev–Trinajstić information content (AvgIpc) is 3.32. The summed E-state index contributed by atoms with van der Waals surface area (Å²) >= 11 is 0. The molecule has 25 heavy (non-hydrogen) atoms. The van der Waals surface area contributed by atoms with Crippen LogP contribution in [0.2, 0.25) is 0 Å². The second-order valence-corrected chi connectivity index (χ2v) is 9.28. The summed E-state index contributed by atoms with van der Waals surface area (Å²) in [7, 11) is 0.242. The Morgan fingerprint density at radius 1 is 1.20 bits per heavy atom. The first kappa shape index (κ1) is 18.2. The molecule has 1 amide bonds. The smallest absolute Gasteiger partial charge is 0.243 e. The summed E-state index contributed by atoms with van der Waals surface area (Å²) in [6, 6.07) is 5.00. The van der Waals surface area contributed by atoms with Gasteiger partial charge in [-0.05, 0) is 43.4 Å². The van der Waals surface area contributed by atoms with Gasteiger partial charge >= 0.3 is 0 Å². The monoisotopic (exact) mass is 365 g/mol. The Kier molecular flexibility index (Phi) is 5.06. The highest BCUT2D eigenvalue weighted by molar-refractivity contribution is 7.89.